The molecule has 0 saturated carbocycles. The van der Waals surface area contributed by atoms with Crippen LogP contribution in [0.3, 0.4) is 0 Å². The quantitative estimate of drug-likeness (QED) is 0.589. The van der Waals surface area contributed by atoms with Gasteiger partial charge >= 0.3 is 11.9 Å². The minimum absolute atomic E-state index is 0.0316. The maximum absolute atomic E-state index is 11.7. The molecule has 116 valence electrons. The number of unbranched alkanes of at least 4 members (excludes halogenated alkanes) is 1. The van der Waals surface area contributed by atoms with Crippen LogP contribution in [0, 0.1) is 0 Å². The van der Waals surface area contributed by atoms with Crippen molar-refractivity contribution < 1.29 is 24.2 Å². The van der Waals surface area contributed by atoms with E-state index >= 15 is 0 Å². The average Bonchev–Trinajstić information content (AvgIpc) is 2.52. The zero-order valence-electron chi connectivity index (χ0n) is 12.5. The highest BCUT2D eigenvalue weighted by molar-refractivity contribution is 5.93. The van der Waals surface area contributed by atoms with Crippen molar-refractivity contribution in [3.8, 4) is 0 Å². The summed E-state index contributed by atoms with van der Waals surface area (Å²) in [6, 6.07) is 6.08. The normalized spacial score (nSPS) is 11.8. The van der Waals surface area contributed by atoms with E-state index in [0.717, 1.165) is 12.8 Å². The summed E-state index contributed by atoms with van der Waals surface area (Å²) in [5.74, 6) is -0.918. The molecule has 0 aliphatic heterocycles. The van der Waals surface area contributed by atoms with E-state index in [9.17, 15) is 14.7 Å². The van der Waals surface area contributed by atoms with Gasteiger partial charge in [0.15, 0.2) is 0 Å². The van der Waals surface area contributed by atoms with Crippen molar-refractivity contribution in [2.24, 2.45) is 0 Å². The topological polar surface area (TPSA) is 72.8 Å². The number of benzene rings is 1. The van der Waals surface area contributed by atoms with E-state index in [4.69, 9.17) is 9.47 Å². The Bertz CT molecular complexity index is 452. The van der Waals surface area contributed by atoms with Crippen LogP contribution < -0.4 is 0 Å². The third kappa shape index (κ3) is 5.95. The molecule has 5 heteroatoms. The van der Waals surface area contributed by atoms with Crippen LogP contribution >= 0.6 is 0 Å². The van der Waals surface area contributed by atoms with Crippen LogP contribution in [0.25, 0.3) is 0 Å². The van der Waals surface area contributed by atoms with Crippen molar-refractivity contribution in [3.05, 3.63) is 35.4 Å². The van der Waals surface area contributed by atoms with Crippen LogP contribution in [-0.2, 0) is 9.47 Å². The molecule has 0 aliphatic rings. The Kier molecular flexibility index (Phi) is 7.46. The Morgan fingerprint density at radius 2 is 1.57 bits per heavy atom. The number of carbonyl (C=O) groups is 2. The molecule has 0 radical (unpaired) electrons. The van der Waals surface area contributed by atoms with Crippen molar-refractivity contribution in [1.82, 2.24) is 0 Å². The Balaban J connectivity index is 2.53. The maximum Gasteiger partial charge on any atom is 0.338 e. The number of aliphatic hydroxyl groups excluding tert-OH is 1. The van der Waals surface area contributed by atoms with Gasteiger partial charge in [0.1, 0.15) is 6.61 Å². The molecule has 1 N–H and O–H groups in total. The molecule has 5 nitrogen and oxygen atoms in total. The lowest BCUT2D eigenvalue weighted by molar-refractivity contribution is 0.0249. The van der Waals surface area contributed by atoms with Crippen LogP contribution in [0.4, 0.5) is 0 Å². The minimum Gasteiger partial charge on any atom is -0.462 e. The van der Waals surface area contributed by atoms with Gasteiger partial charge in [-0.25, -0.2) is 9.59 Å². The Labute approximate surface area is 124 Å². The van der Waals surface area contributed by atoms with Crippen LogP contribution in [0.15, 0.2) is 24.3 Å². The van der Waals surface area contributed by atoms with Gasteiger partial charge in [0.25, 0.3) is 0 Å². The predicted molar refractivity (Wildman–Crippen MR) is 78.2 cm³/mol. The monoisotopic (exact) mass is 294 g/mol. The number of aliphatic hydroxyl groups is 1. The lowest BCUT2D eigenvalue weighted by Crippen LogP contribution is -2.17. The Morgan fingerprint density at radius 3 is 2.05 bits per heavy atom. The van der Waals surface area contributed by atoms with Gasteiger partial charge in [-0.1, -0.05) is 20.3 Å². The second kappa shape index (κ2) is 9.13. The molecule has 21 heavy (non-hydrogen) atoms. The first-order valence-electron chi connectivity index (χ1n) is 7.20. The molecule has 0 aromatic heterocycles. The van der Waals surface area contributed by atoms with Crippen molar-refractivity contribution >= 4 is 11.9 Å². The SMILES string of the molecule is CCCCOC(=O)c1ccc(C(=O)OCC(O)CC)cc1. The first-order chi connectivity index (χ1) is 10.1. The first-order valence-corrected chi connectivity index (χ1v) is 7.20. The van der Waals surface area contributed by atoms with E-state index in [1.807, 2.05) is 6.92 Å². The highest BCUT2D eigenvalue weighted by Crippen LogP contribution is 2.08. The third-order valence-electron chi connectivity index (χ3n) is 2.97. The zero-order valence-corrected chi connectivity index (χ0v) is 12.5. The molecular formula is C16H22O5. The fraction of sp³-hybridized carbons (Fsp3) is 0.500. The summed E-state index contributed by atoms with van der Waals surface area (Å²) in [5, 5.41) is 9.33. The van der Waals surface area contributed by atoms with Crippen LogP contribution in [0.1, 0.15) is 53.8 Å². The number of hydrogen-bond acceptors (Lipinski definition) is 5. The van der Waals surface area contributed by atoms with Gasteiger partial charge in [0.2, 0.25) is 0 Å². The summed E-state index contributed by atoms with van der Waals surface area (Å²) in [5.41, 5.74) is 0.736. The Morgan fingerprint density at radius 1 is 1.05 bits per heavy atom. The van der Waals surface area contributed by atoms with Gasteiger partial charge in [-0.3, -0.25) is 0 Å². The van der Waals surface area contributed by atoms with E-state index in [0.29, 0.717) is 24.2 Å². The molecule has 1 rings (SSSR count). The maximum atomic E-state index is 11.7. The number of hydrogen-bond donors (Lipinski definition) is 1. The highest BCUT2D eigenvalue weighted by atomic mass is 16.5. The van der Waals surface area contributed by atoms with Crippen LogP contribution in [0.2, 0.25) is 0 Å². The van der Waals surface area contributed by atoms with E-state index in [2.05, 4.69) is 0 Å². The molecule has 0 heterocycles. The Hall–Kier alpha value is -1.88. The van der Waals surface area contributed by atoms with Crippen molar-refractivity contribution in [2.75, 3.05) is 13.2 Å². The molecule has 0 aliphatic carbocycles. The minimum atomic E-state index is -0.651. The van der Waals surface area contributed by atoms with Crippen molar-refractivity contribution in [3.63, 3.8) is 0 Å². The van der Waals surface area contributed by atoms with E-state index < -0.39 is 18.0 Å². The molecule has 1 aromatic carbocycles. The van der Waals surface area contributed by atoms with Crippen LogP contribution in [-0.4, -0.2) is 36.4 Å². The summed E-state index contributed by atoms with van der Waals surface area (Å²) in [7, 11) is 0. The van der Waals surface area contributed by atoms with Gasteiger partial charge in [0, 0.05) is 0 Å². The summed E-state index contributed by atoms with van der Waals surface area (Å²) >= 11 is 0. The fourth-order valence-electron chi connectivity index (χ4n) is 1.51. The van der Waals surface area contributed by atoms with Crippen molar-refractivity contribution in [1.29, 1.82) is 0 Å². The van der Waals surface area contributed by atoms with Gasteiger partial charge in [0.05, 0.1) is 23.8 Å². The number of rotatable bonds is 8. The summed E-state index contributed by atoms with van der Waals surface area (Å²) < 4.78 is 10.0. The molecule has 0 amide bonds. The van der Waals surface area contributed by atoms with Gasteiger partial charge < -0.3 is 14.6 Å². The molecule has 0 saturated heterocycles. The molecule has 1 unspecified atom stereocenters. The van der Waals surface area contributed by atoms with E-state index in [-0.39, 0.29) is 6.61 Å². The van der Waals surface area contributed by atoms with Gasteiger partial charge in [-0.05, 0) is 37.1 Å². The summed E-state index contributed by atoms with van der Waals surface area (Å²) in [6.07, 6.45) is 1.66. The number of ether oxygens (including phenoxy) is 2. The molecular weight excluding hydrogens is 272 g/mol. The lowest BCUT2D eigenvalue weighted by atomic mass is 10.1. The predicted octanol–water partition coefficient (Wildman–Crippen LogP) is 2.57. The largest absolute Gasteiger partial charge is 0.462 e. The fourth-order valence-corrected chi connectivity index (χ4v) is 1.51. The van der Waals surface area contributed by atoms with E-state index in [1.54, 1.807) is 6.92 Å². The highest BCUT2D eigenvalue weighted by Gasteiger charge is 2.12. The average molecular weight is 294 g/mol. The molecule has 0 fully saturated rings. The van der Waals surface area contributed by atoms with Crippen LogP contribution in [0.5, 0.6) is 0 Å². The zero-order chi connectivity index (χ0) is 15.7. The van der Waals surface area contributed by atoms with Gasteiger partial charge in [-0.15, -0.1) is 0 Å². The number of carbonyl (C=O) groups excluding carboxylic acids is 2. The van der Waals surface area contributed by atoms with Gasteiger partial charge in [-0.2, -0.15) is 0 Å². The van der Waals surface area contributed by atoms with E-state index in [1.165, 1.54) is 24.3 Å². The molecule has 0 spiro atoms. The second-order valence-corrected chi connectivity index (χ2v) is 4.73. The van der Waals surface area contributed by atoms with Crippen molar-refractivity contribution in [2.45, 2.75) is 39.2 Å². The first kappa shape index (κ1) is 17.2. The second-order valence-electron chi connectivity index (χ2n) is 4.73. The lowest BCUT2D eigenvalue weighted by Gasteiger charge is -2.09. The molecule has 1 atom stereocenters. The third-order valence-corrected chi connectivity index (χ3v) is 2.97. The summed E-state index contributed by atoms with van der Waals surface area (Å²) in [6.45, 7) is 4.19. The standard InChI is InChI=1S/C16H22O5/c1-3-5-10-20-15(18)12-6-8-13(9-7-12)16(19)21-11-14(17)4-2/h6-9,14,17H,3-5,10-11H2,1-2H3. The number of esters is 2. The smallest absolute Gasteiger partial charge is 0.338 e. The molecule has 0 bridgehead atoms. The summed E-state index contributed by atoms with van der Waals surface area (Å²) in [4.78, 5) is 23.4. The molecule has 1 aromatic rings.